The molecule has 29 heavy (non-hydrogen) atoms. The van der Waals surface area contributed by atoms with Crippen molar-refractivity contribution in [1.29, 1.82) is 0 Å². The summed E-state index contributed by atoms with van der Waals surface area (Å²) in [7, 11) is 0. The van der Waals surface area contributed by atoms with E-state index in [0.29, 0.717) is 24.3 Å². The normalized spacial score (nSPS) is 24.6. The molecule has 2 aliphatic rings. The molecule has 0 radical (unpaired) electrons. The fourth-order valence-corrected chi connectivity index (χ4v) is 3.54. The summed E-state index contributed by atoms with van der Waals surface area (Å²) in [4.78, 5) is 37.8. The molecule has 1 aliphatic carbocycles. The topological polar surface area (TPSA) is 84.9 Å². The molecule has 1 aromatic rings. The molecule has 0 bridgehead atoms. The zero-order valence-corrected chi connectivity index (χ0v) is 15.8. The van der Waals surface area contributed by atoms with Gasteiger partial charge in [0.05, 0.1) is 0 Å². The maximum Gasteiger partial charge on any atom is 0.573 e. The minimum atomic E-state index is -4.79. The highest BCUT2D eigenvalue weighted by molar-refractivity contribution is 6.08. The van der Waals surface area contributed by atoms with Crippen LogP contribution in [0.1, 0.15) is 38.2 Å². The van der Waals surface area contributed by atoms with Gasteiger partial charge in [-0.05, 0) is 49.3 Å². The third kappa shape index (κ3) is 4.99. The minimum absolute atomic E-state index is 0.211. The summed E-state index contributed by atoms with van der Waals surface area (Å²) in [6, 6.07) is 4.22. The summed E-state index contributed by atoms with van der Waals surface area (Å²) in [5.41, 5.74) is -0.499. The van der Waals surface area contributed by atoms with Gasteiger partial charge in [0.25, 0.3) is 5.91 Å². The van der Waals surface area contributed by atoms with Crippen molar-refractivity contribution < 1.29 is 37.0 Å². The lowest BCUT2D eigenvalue weighted by Crippen LogP contribution is -2.49. The van der Waals surface area contributed by atoms with Crippen molar-refractivity contribution in [1.82, 2.24) is 10.2 Å². The standard InChI is InChI=1S/C19H21F3N2O5/c1-12-6-8-18(9-7-12)16(26)24(17(27)23-18)10-15(25)28-11-13-2-4-14(5-3-13)29-19(20,21)22/h2-5,12H,6-11H2,1H3,(H,23,27). The van der Waals surface area contributed by atoms with Crippen LogP contribution in [0.2, 0.25) is 0 Å². The van der Waals surface area contributed by atoms with Gasteiger partial charge in [-0.2, -0.15) is 0 Å². The van der Waals surface area contributed by atoms with Gasteiger partial charge in [-0.15, -0.1) is 13.2 Å². The van der Waals surface area contributed by atoms with E-state index in [2.05, 4.69) is 17.0 Å². The third-order valence-electron chi connectivity index (χ3n) is 5.22. The van der Waals surface area contributed by atoms with Gasteiger partial charge < -0.3 is 14.8 Å². The molecule has 3 rings (SSSR count). The highest BCUT2D eigenvalue weighted by Gasteiger charge is 2.52. The number of alkyl halides is 3. The molecular formula is C19H21F3N2O5. The van der Waals surface area contributed by atoms with E-state index in [0.717, 1.165) is 29.9 Å². The monoisotopic (exact) mass is 414 g/mol. The van der Waals surface area contributed by atoms with Crippen molar-refractivity contribution >= 4 is 17.9 Å². The molecule has 1 aliphatic heterocycles. The molecule has 1 aromatic carbocycles. The predicted octanol–water partition coefficient (Wildman–Crippen LogP) is 3.13. The van der Waals surface area contributed by atoms with Gasteiger partial charge in [0.15, 0.2) is 0 Å². The molecule has 158 valence electrons. The van der Waals surface area contributed by atoms with Crippen LogP contribution in [-0.2, 0) is 20.9 Å². The van der Waals surface area contributed by atoms with Crippen LogP contribution in [0.25, 0.3) is 0 Å². The Bertz CT molecular complexity index is 786. The molecule has 0 atom stereocenters. The number of esters is 1. The first-order chi connectivity index (χ1) is 13.6. The number of amides is 3. The van der Waals surface area contributed by atoms with Crippen molar-refractivity contribution in [3.05, 3.63) is 29.8 Å². The van der Waals surface area contributed by atoms with E-state index in [1.807, 2.05) is 0 Å². The average molecular weight is 414 g/mol. The fourth-order valence-electron chi connectivity index (χ4n) is 3.54. The molecule has 1 N–H and O–H groups in total. The predicted molar refractivity (Wildman–Crippen MR) is 93.5 cm³/mol. The molecule has 1 heterocycles. The summed E-state index contributed by atoms with van der Waals surface area (Å²) in [6.07, 6.45) is -2.07. The number of hydrogen-bond acceptors (Lipinski definition) is 5. The molecule has 10 heteroatoms. The van der Waals surface area contributed by atoms with Crippen LogP contribution >= 0.6 is 0 Å². The zero-order chi connectivity index (χ0) is 21.2. The molecular weight excluding hydrogens is 393 g/mol. The van der Waals surface area contributed by atoms with E-state index < -0.39 is 36.4 Å². The van der Waals surface area contributed by atoms with Crippen LogP contribution in [0, 0.1) is 5.92 Å². The first-order valence-electron chi connectivity index (χ1n) is 9.22. The number of halogens is 3. The number of carbonyl (C=O) groups excluding carboxylic acids is 3. The summed E-state index contributed by atoms with van der Waals surface area (Å²) in [5, 5.41) is 2.72. The average Bonchev–Trinajstić information content (AvgIpc) is 2.87. The Morgan fingerprint density at radius 2 is 1.83 bits per heavy atom. The lowest BCUT2D eigenvalue weighted by molar-refractivity contribution is -0.274. The van der Waals surface area contributed by atoms with Crippen LogP contribution < -0.4 is 10.1 Å². The number of rotatable bonds is 5. The van der Waals surface area contributed by atoms with Crippen LogP contribution in [0.15, 0.2) is 24.3 Å². The molecule has 0 unspecified atom stereocenters. The number of nitrogens with zero attached hydrogens (tertiary/aromatic N) is 1. The lowest BCUT2D eigenvalue weighted by Gasteiger charge is -2.33. The number of hydrogen-bond donors (Lipinski definition) is 1. The van der Waals surface area contributed by atoms with Gasteiger partial charge in [-0.1, -0.05) is 19.1 Å². The number of urea groups is 1. The smallest absolute Gasteiger partial charge is 0.459 e. The summed E-state index contributed by atoms with van der Waals surface area (Å²) >= 11 is 0. The number of nitrogens with one attached hydrogen (secondary N) is 1. The zero-order valence-electron chi connectivity index (χ0n) is 15.8. The second kappa shape index (κ2) is 7.92. The molecule has 3 amide bonds. The van der Waals surface area contributed by atoms with Gasteiger partial charge in [-0.25, -0.2) is 4.79 Å². The quantitative estimate of drug-likeness (QED) is 0.591. The number of ether oxygens (including phenoxy) is 2. The SMILES string of the molecule is CC1CCC2(CC1)NC(=O)N(CC(=O)OCc1ccc(OC(F)(F)F)cc1)C2=O. The highest BCUT2D eigenvalue weighted by Crippen LogP contribution is 2.36. The van der Waals surface area contributed by atoms with E-state index in [-0.39, 0.29) is 12.4 Å². The van der Waals surface area contributed by atoms with E-state index in [9.17, 15) is 27.6 Å². The van der Waals surface area contributed by atoms with Gasteiger partial charge >= 0.3 is 18.4 Å². The van der Waals surface area contributed by atoms with Gasteiger partial charge in [0.1, 0.15) is 24.4 Å². The Labute approximate surface area is 165 Å². The summed E-state index contributed by atoms with van der Waals surface area (Å²) in [5.74, 6) is -1.11. The molecule has 1 saturated carbocycles. The third-order valence-corrected chi connectivity index (χ3v) is 5.22. The van der Waals surface area contributed by atoms with Crippen molar-refractivity contribution in [2.75, 3.05) is 6.54 Å². The second-order valence-corrected chi connectivity index (χ2v) is 7.44. The Kier molecular flexibility index (Phi) is 5.72. The highest BCUT2D eigenvalue weighted by atomic mass is 19.4. The molecule has 1 saturated heterocycles. The Morgan fingerprint density at radius 1 is 1.21 bits per heavy atom. The molecule has 1 spiro atoms. The Morgan fingerprint density at radius 3 is 2.41 bits per heavy atom. The van der Waals surface area contributed by atoms with E-state index >= 15 is 0 Å². The molecule has 2 fully saturated rings. The first-order valence-corrected chi connectivity index (χ1v) is 9.22. The molecule has 7 nitrogen and oxygen atoms in total. The van der Waals surface area contributed by atoms with E-state index in [1.165, 1.54) is 12.1 Å². The van der Waals surface area contributed by atoms with E-state index in [1.54, 1.807) is 0 Å². The van der Waals surface area contributed by atoms with Crippen LogP contribution in [0.3, 0.4) is 0 Å². The van der Waals surface area contributed by atoms with Crippen molar-refractivity contribution in [2.24, 2.45) is 5.92 Å². The second-order valence-electron chi connectivity index (χ2n) is 7.44. The van der Waals surface area contributed by atoms with Gasteiger partial charge in [-0.3, -0.25) is 14.5 Å². The lowest BCUT2D eigenvalue weighted by atomic mass is 9.77. The minimum Gasteiger partial charge on any atom is -0.459 e. The van der Waals surface area contributed by atoms with Gasteiger partial charge in [0.2, 0.25) is 0 Å². The first kappa shape index (κ1) is 20.9. The fraction of sp³-hybridized carbons (Fsp3) is 0.526. The van der Waals surface area contributed by atoms with Crippen LogP contribution in [0.4, 0.5) is 18.0 Å². The van der Waals surface area contributed by atoms with Crippen molar-refractivity contribution in [3.63, 3.8) is 0 Å². The van der Waals surface area contributed by atoms with Crippen LogP contribution in [0.5, 0.6) is 5.75 Å². The largest absolute Gasteiger partial charge is 0.573 e. The Balaban J connectivity index is 1.52. The number of benzene rings is 1. The number of carbonyl (C=O) groups is 3. The van der Waals surface area contributed by atoms with Crippen LogP contribution in [-0.4, -0.2) is 41.3 Å². The van der Waals surface area contributed by atoms with Gasteiger partial charge in [0, 0.05) is 0 Å². The maximum atomic E-state index is 12.7. The Hall–Kier alpha value is -2.78. The summed E-state index contributed by atoms with van der Waals surface area (Å²) in [6.45, 7) is 1.36. The maximum absolute atomic E-state index is 12.7. The summed E-state index contributed by atoms with van der Waals surface area (Å²) < 4.78 is 45.2. The van der Waals surface area contributed by atoms with Crippen molar-refractivity contribution in [2.45, 2.75) is 51.1 Å². The van der Waals surface area contributed by atoms with E-state index in [4.69, 9.17) is 4.74 Å². The van der Waals surface area contributed by atoms with Crippen molar-refractivity contribution in [3.8, 4) is 5.75 Å². The molecule has 0 aromatic heterocycles. The number of imide groups is 1.